The maximum Gasteiger partial charge on any atom is 0.199 e. The molecule has 0 bridgehead atoms. The lowest BCUT2D eigenvalue weighted by Gasteiger charge is -2.14. The maximum absolute atomic E-state index is 11.5. The predicted octanol–water partition coefficient (Wildman–Crippen LogP) is 1.48. The molecule has 0 saturated carbocycles. The van der Waals surface area contributed by atoms with Crippen LogP contribution in [0.1, 0.15) is 13.8 Å². The molecule has 1 atom stereocenters. The van der Waals surface area contributed by atoms with Gasteiger partial charge in [-0.05, 0) is 0 Å². The zero-order valence-electron chi connectivity index (χ0n) is 8.40. The van der Waals surface area contributed by atoms with Crippen molar-refractivity contribution in [2.45, 2.75) is 19.9 Å². The summed E-state index contributed by atoms with van der Waals surface area (Å²) in [6.45, 7) is 3.49. The highest BCUT2D eigenvalue weighted by atomic mass is 16.3. The number of nitrogens with two attached hydrogens (primary N) is 1. The average molecular weight is 193 g/mol. The summed E-state index contributed by atoms with van der Waals surface area (Å²) in [6.07, 6.45) is 6.95. The van der Waals surface area contributed by atoms with Gasteiger partial charge in [-0.1, -0.05) is 38.2 Å². The fraction of sp³-hybridized carbons (Fsp3) is 0.364. The molecule has 0 fully saturated rings. The number of hydrogen-bond acceptors (Lipinski definition) is 3. The van der Waals surface area contributed by atoms with Crippen LogP contribution >= 0.6 is 0 Å². The van der Waals surface area contributed by atoms with Crippen molar-refractivity contribution in [1.29, 1.82) is 0 Å². The quantitative estimate of drug-likeness (QED) is 0.515. The molecule has 0 saturated heterocycles. The molecule has 0 radical (unpaired) electrons. The number of allylic oxidation sites excluding steroid dienone is 3. The van der Waals surface area contributed by atoms with Crippen molar-refractivity contribution in [3.05, 3.63) is 35.6 Å². The Kier molecular flexibility index (Phi) is 3.25. The summed E-state index contributed by atoms with van der Waals surface area (Å²) in [5.41, 5.74) is 6.20. The van der Waals surface area contributed by atoms with Gasteiger partial charge in [0.1, 0.15) is 0 Å². The monoisotopic (exact) mass is 193 g/mol. The molecule has 1 unspecified atom stereocenters. The first-order valence-electron chi connectivity index (χ1n) is 4.62. The molecule has 0 heterocycles. The minimum absolute atomic E-state index is 0.214. The molecule has 0 aromatic carbocycles. The van der Waals surface area contributed by atoms with Crippen LogP contribution in [0.2, 0.25) is 0 Å². The van der Waals surface area contributed by atoms with Gasteiger partial charge in [0.15, 0.2) is 11.5 Å². The lowest BCUT2D eigenvalue weighted by atomic mass is 9.97. The SMILES string of the molecule is CC(C)C(=O)/C(O)=C1\C=CC=CC1N. The highest BCUT2D eigenvalue weighted by Crippen LogP contribution is 2.16. The first-order valence-corrected chi connectivity index (χ1v) is 4.62. The Bertz CT molecular complexity index is 324. The molecule has 1 aliphatic carbocycles. The Labute approximate surface area is 83.6 Å². The molecule has 76 valence electrons. The molecule has 0 aromatic rings. The summed E-state index contributed by atoms with van der Waals surface area (Å²) in [4.78, 5) is 11.5. The summed E-state index contributed by atoms with van der Waals surface area (Å²) in [5, 5.41) is 9.65. The van der Waals surface area contributed by atoms with Crippen LogP contribution in [0, 0.1) is 5.92 Å². The van der Waals surface area contributed by atoms with E-state index in [1.807, 2.05) is 0 Å². The van der Waals surface area contributed by atoms with Crippen LogP contribution in [0.15, 0.2) is 35.6 Å². The Hall–Kier alpha value is -1.35. The van der Waals surface area contributed by atoms with Gasteiger partial charge in [0.25, 0.3) is 0 Å². The van der Waals surface area contributed by atoms with Gasteiger partial charge in [0, 0.05) is 11.5 Å². The van der Waals surface area contributed by atoms with Gasteiger partial charge < -0.3 is 10.8 Å². The van der Waals surface area contributed by atoms with Gasteiger partial charge in [-0.25, -0.2) is 0 Å². The van der Waals surface area contributed by atoms with Gasteiger partial charge in [0.2, 0.25) is 0 Å². The fourth-order valence-electron chi connectivity index (χ4n) is 1.21. The highest BCUT2D eigenvalue weighted by molar-refractivity contribution is 5.95. The van der Waals surface area contributed by atoms with Gasteiger partial charge in [-0.3, -0.25) is 4.79 Å². The van der Waals surface area contributed by atoms with E-state index in [1.165, 1.54) is 0 Å². The zero-order chi connectivity index (χ0) is 10.7. The van der Waals surface area contributed by atoms with Crippen LogP contribution in [0.4, 0.5) is 0 Å². The van der Waals surface area contributed by atoms with Gasteiger partial charge in [-0.15, -0.1) is 0 Å². The Balaban J connectivity index is 2.99. The molecule has 3 N–H and O–H groups in total. The molecule has 0 aromatic heterocycles. The third-order valence-corrected chi connectivity index (χ3v) is 2.10. The maximum atomic E-state index is 11.5. The van der Waals surface area contributed by atoms with Crippen molar-refractivity contribution in [3.8, 4) is 0 Å². The second kappa shape index (κ2) is 4.24. The summed E-state index contributed by atoms with van der Waals surface area (Å²) < 4.78 is 0. The minimum Gasteiger partial charge on any atom is -0.504 e. The van der Waals surface area contributed by atoms with E-state index < -0.39 is 0 Å². The van der Waals surface area contributed by atoms with Crippen LogP contribution < -0.4 is 5.73 Å². The van der Waals surface area contributed by atoms with Crippen molar-refractivity contribution in [2.75, 3.05) is 0 Å². The van der Waals surface area contributed by atoms with Crippen LogP contribution in [0.25, 0.3) is 0 Å². The third kappa shape index (κ3) is 2.12. The molecule has 1 rings (SSSR count). The van der Waals surface area contributed by atoms with E-state index in [0.717, 1.165) is 0 Å². The summed E-state index contributed by atoms with van der Waals surface area (Å²) in [6, 6.07) is -0.386. The Morgan fingerprint density at radius 2 is 2.14 bits per heavy atom. The number of hydrogen-bond donors (Lipinski definition) is 2. The molecule has 3 nitrogen and oxygen atoms in total. The number of aliphatic hydroxyl groups excluding tert-OH is 1. The van der Waals surface area contributed by atoms with Gasteiger partial charge in [-0.2, -0.15) is 0 Å². The number of rotatable bonds is 2. The van der Waals surface area contributed by atoms with Crippen LogP contribution in [-0.4, -0.2) is 16.9 Å². The number of ketones is 1. The van der Waals surface area contributed by atoms with Gasteiger partial charge >= 0.3 is 0 Å². The van der Waals surface area contributed by atoms with Gasteiger partial charge in [0.05, 0.1) is 6.04 Å². The number of aliphatic hydroxyl groups is 1. The molecule has 1 aliphatic rings. The molecular formula is C11H15NO2. The topological polar surface area (TPSA) is 63.3 Å². The molecule has 0 amide bonds. The van der Waals surface area contributed by atoms with E-state index in [4.69, 9.17) is 5.73 Å². The molecular weight excluding hydrogens is 178 g/mol. The van der Waals surface area contributed by atoms with Crippen molar-refractivity contribution in [3.63, 3.8) is 0 Å². The third-order valence-electron chi connectivity index (χ3n) is 2.10. The number of Topliss-reactive ketones (excluding diaryl/α,β-unsaturated/α-hetero) is 1. The van der Waals surface area contributed by atoms with E-state index >= 15 is 0 Å². The fourth-order valence-corrected chi connectivity index (χ4v) is 1.21. The first kappa shape index (κ1) is 10.7. The van der Waals surface area contributed by atoms with E-state index in [0.29, 0.717) is 5.57 Å². The molecule has 3 heteroatoms. The normalized spacial score (nSPS) is 24.1. The average Bonchev–Trinajstić information content (AvgIpc) is 2.16. The van der Waals surface area contributed by atoms with Crippen LogP contribution in [-0.2, 0) is 4.79 Å². The smallest absolute Gasteiger partial charge is 0.199 e. The Morgan fingerprint density at radius 3 is 2.64 bits per heavy atom. The minimum atomic E-state index is -0.386. The standard InChI is InChI=1S/C11H15NO2/c1-7(2)10(13)11(14)8-5-3-4-6-9(8)12/h3-7,9,14H,12H2,1-2H3/b11-8-. The Morgan fingerprint density at radius 1 is 1.50 bits per heavy atom. The van der Waals surface area contributed by atoms with Crippen molar-refractivity contribution < 1.29 is 9.90 Å². The summed E-state index contributed by atoms with van der Waals surface area (Å²) >= 11 is 0. The lowest BCUT2D eigenvalue weighted by Crippen LogP contribution is -2.24. The molecule has 14 heavy (non-hydrogen) atoms. The summed E-state index contributed by atoms with van der Waals surface area (Å²) in [5.74, 6) is -0.697. The largest absolute Gasteiger partial charge is 0.504 e. The summed E-state index contributed by atoms with van der Waals surface area (Å²) in [7, 11) is 0. The second-order valence-electron chi connectivity index (χ2n) is 3.59. The molecule has 0 spiro atoms. The predicted molar refractivity (Wildman–Crippen MR) is 55.8 cm³/mol. The first-order chi connectivity index (χ1) is 6.54. The van der Waals surface area contributed by atoms with Crippen molar-refractivity contribution in [2.24, 2.45) is 11.7 Å². The zero-order valence-corrected chi connectivity index (χ0v) is 8.40. The second-order valence-corrected chi connectivity index (χ2v) is 3.59. The lowest BCUT2D eigenvalue weighted by molar-refractivity contribution is -0.120. The highest BCUT2D eigenvalue weighted by Gasteiger charge is 2.19. The number of carbonyl (C=O) groups excluding carboxylic acids is 1. The molecule has 0 aliphatic heterocycles. The van der Waals surface area contributed by atoms with Crippen molar-refractivity contribution in [1.82, 2.24) is 0 Å². The van der Waals surface area contributed by atoms with E-state index in [9.17, 15) is 9.90 Å². The van der Waals surface area contributed by atoms with E-state index in [-0.39, 0.29) is 23.5 Å². The van der Waals surface area contributed by atoms with Crippen LogP contribution in [0.3, 0.4) is 0 Å². The van der Waals surface area contributed by atoms with Crippen molar-refractivity contribution >= 4 is 5.78 Å². The van der Waals surface area contributed by atoms with E-state index in [2.05, 4.69) is 0 Å². The number of carbonyl (C=O) groups is 1. The van der Waals surface area contributed by atoms with E-state index in [1.54, 1.807) is 38.2 Å². The van der Waals surface area contributed by atoms with Crippen LogP contribution in [0.5, 0.6) is 0 Å².